The number of aldehydes is 1. The van der Waals surface area contributed by atoms with Crippen molar-refractivity contribution in [2.24, 2.45) is 5.41 Å². The minimum absolute atomic E-state index is 0.149. The van der Waals surface area contributed by atoms with Gasteiger partial charge in [0.2, 0.25) is 0 Å². The van der Waals surface area contributed by atoms with Crippen LogP contribution in [0.3, 0.4) is 0 Å². The molecule has 2 aromatic rings. The van der Waals surface area contributed by atoms with E-state index in [-0.39, 0.29) is 5.41 Å². The van der Waals surface area contributed by atoms with Crippen LogP contribution in [0, 0.1) is 5.41 Å². The largest absolute Gasteiger partial charge is 0.478 e. The quantitative estimate of drug-likeness (QED) is 0.607. The Morgan fingerprint density at radius 3 is 2.92 bits per heavy atom. The number of fused-ring (bicyclic) bond motifs is 1. The molecule has 0 radical (unpaired) electrons. The van der Waals surface area contributed by atoms with Crippen LogP contribution in [-0.2, 0) is 24.2 Å². The van der Waals surface area contributed by atoms with Gasteiger partial charge in [-0.2, -0.15) is 0 Å². The van der Waals surface area contributed by atoms with E-state index >= 15 is 0 Å². The topological polar surface area (TPSA) is 66.4 Å². The lowest BCUT2D eigenvalue weighted by molar-refractivity contribution is -0.107. The van der Waals surface area contributed by atoms with E-state index in [4.69, 9.17) is 0 Å². The average Bonchev–Trinajstić information content (AvgIpc) is 2.93. The number of aryl methyl sites for hydroxylation is 1. The van der Waals surface area contributed by atoms with Gasteiger partial charge < -0.3 is 15.2 Å². The highest BCUT2D eigenvalue weighted by atomic mass is 32.1. The SMILES string of the molecule is CC1(C)CCc2sc(-c3cccc(CNCC=O)c3)c(C(=O)O)c2C1. The summed E-state index contributed by atoms with van der Waals surface area (Å²) in [6.45, 7) is 5.32. The highest BCUT2D eigenvalue weighted by Gasteiger charge is 2.32. The van der Waals surface area contributed by atoms with Crippen LogP contribution in [0.5, 0.6) is 0 Å². The third kappa shape index (κ3) is 3.83. The predicted molar refractivity (Wildman–Crippen MR) is 100 cm³/mol. The number of nitrogens with one attached hydrogen (secondary N) is 1. The van der Waals surface area contributed by atoms with Crippen LogP contribution in [-0.4, -0.2) is 23.9 Å². The zero-order chi connectivity index (χ0) is 18.0. The Balaban J connectivity index is 2.00. The third-order valence-corrected chi connectivity index (χ3v) is 6.08. The summed E-state index contributed by atoms with van der Waals surface area (Å²) in [4.78, 5) is 24.5. The first kappa shape index (κ1) is 17.8. The van der Waals surface area contributed by atoms with Crippen LogP contribution >= 0.6 is 11.3 Å². The minimum Gasteiger partial charge on any atom is -0.478 e. The molecule has 0 amide bonds. The summed E-state index contributed by atoms with van der Waals surface area (Å²) < 4.78 is 0. The second-order valence-electron chi connectivity index (χ2n) is 7.35. The first-order valence-electron chi connectivity index (χ1n) is 8.53. The van der Waals surface area contributed by atoms with Crippen LogP contribution in [0.25, 0.3) is 10.4 Å². The average molecular weight is 357 g/mol. The van der Waals surface area contributed by atoms with Crippen molar-refractivity contribution in [3.05, 3.63) is 45.8 Å². The van der Waals surface area contributed by atoms with E-state index in [1.165, 1.54) is 4.88 Å². The number of hydrogen-bond acceptors (Lipinski definition) is 4. The molecule has 1 heterocycles. The Morgan fingerprint density at radius 2 is 2.20 bits per heavy atom. The maximum Gasteiger partial charge on any atom is 0.337 e. The standard InChI is InChI=1S/C20H23NO3S/c1-20(2)7-6-16-15(11-20)17(19(23)24)18(25-16)14-5-3-4-13(10-14)12-21-8-9-22/h3-5,9-10,21H,6-8,11-12H2,1-2H3,(H,23,24). The van der Waals surface area contributed by atoms with Gasteiger partial charge in [0, 0.05) is 16.3 Å². The zero-order valence-corrected chi connectivity index (χ0v) is 15.4. The van der Waals surface area contributed by atoms with Crippen molar-refractivity contribution < 1.29 is 14.7 Å². The van der Waals surface area contributed by atoms with Gasteiger partial charge in [-0.1, -0.05) is 32.0 Å². The van der Waals surface area contributed by atoms with Crippen molar-refractivity contribution in [1.29, 1.82) is 0 Å². The minimum atomic E-state index is -0.838. The number of aromatic carboxylic acids is 1. The number of carboxylic acids is 1. The summed E-state index contributed by atoms with van der Waals surface area (Å²) in [5.74, 6) is -0.838. The molecule has 1 aliphatic rings. The molecule has 3 rings (SSSR count). The Morgan fingerprint density at radius 1 is 1.40 bits per heavy atom. The lowest BCUT2D eigenvalue weighted by atomic mass is 9.76. The van der Waals surface area contributed by atoms with Crippen LogP contribution in [0.4, 0.5) is 0 Å². The van der Waals surface area contributed by atoms with Crippen LogP contribution in [0.2, 0.25) is 0 Å². The molecule has 0 spiro atoms. The maximum absolute atomic E-state index is 12.0. The molecular weight excluding hydrogens is 334 g/mol. The summed E-state index contributed by atoms with van der Waals surface area (Å²) in [6.07, 6.45) is 3.70. The molecule has 0 saturated heterocycles. The molecule has 25 heavy (non-hydrogen) atoms. The van der Waals surface area contributed by atoms with E-state index in [1.54, 1.807) is 11.3 Å². The molecule has 0 saturated carbocycles. The number of hydrogen-bond donors (Lipinski definition) is 2. The van der Waals surface area contributed by atoms with Gasteiger partial charge in [-0.25, -0.2) is 4.79 Å². The van der Waals surface area contributed by atoms with Crippen molar-refractivity contribution in [2.75, 3.05) is 6.54 Å². The Kier molecular flexibility index (Phi) is 5.06. The van der Waals surface area contributed by atoms with Gasteiger partial charge >= 0.3 is 5.97 Å². The van der Waals surface area contributed by atoms with Crippen molar-refractivity contribution in [2.45, 2.75) is 39.7 Å². The molecule has 0 fully saturated rings. The zero-order valence-electron chi connectivity index (χ0n) is 14.6. The van der Waals surface area contributed by atoms with Crippen molar-refractivity contribution in [3.63, 3.8) is 0 Å². The molecule has 1 aromatic carbocycles. The number of carbonyl (C=O) groups excluding carboxylic acids is 1. The summed E-state index contributed by atoms with van der Waals surface area (Å²) in [5, 5.41) is 12.9. The lowest BCUT2D eigenvalue weighted by Gasteiger charge is -2.29. The first-order valence-corrected chi connectivity index (χ1v) is 9.34. The van der Waals surface area contributed by atoms with E-state index in [1.807, 2.05) is 24.3 Å². The predicted octanol–water partition coefficient (Wildman–Crippen LogP) is 3.92. The Hall–Kier alpha value is -1.98. The second-order valence-corrected chi connectivity index (χ2v) is 8.46. The highest BCUT2D eigenvalue weighted by Crippen LogP contribution is 2.45. The molecule has 1 aliphatic carbocycles. The summed E-state index contributed by atoms with van der Waals surface area (Å²) in [5.41, 5.74) is 3.64. The maximum atomic E-state index is 12.0. The van der Waals surface area contributed by atoms with E-state index < -0.39 is 5.97 Å². The van der Waals surface area contributed by atoms with E-state index in [0.717, 1.165) is 47.1 Å². The molecule has 2 N–H and O–H groups in total. The van der Waals surface area contributed by atoms with Crippen molar-refractivity contribution in [1.82, 2.24) is 5.32 Å². The Bertz CT molecular complexity index is 807. The Labute approximate surface area is 151 Å². The van der Waals surface area contributed by atoms with E-state index in [9.17, 15) is 14.7 Å². The van der Waals surface area contributed by atoms with Crippen LogP contribution < -0.4 is 5.32 Å². The van der Waals surface area contributed by atoms with Gasteiger partial charge in [-0.05, 0) is 47.4 Å². The summed E-state index contributed by atoms with van der Waals surface area (Å²) >= 11 is 1.62. The molecule has 0 atom stereocenters. The van der Waals surface area contributed by atoms with E-state index in [2.05, 4.69) is 19.2 Å². The summed E-state index contributed by atoms with van der Waals surface area (Å²) in [6, 6.07) is 7.92. The van der Waals surface area contributed by atoms with Gasteiger partial charge in [0.05, 0.1) is 12.1 Å². The molecule has 4 nitrogen and oxygen atoms in total. The molecule has 132 valence electrons. The number of carbonyl (C=O) groups is 2. The molecule has 5 heteroatoms. The van der Waals surface area contributed by atoms with Gasteiger partial charge in [-0.15, -0.1) is 11.3 Å². The lowest BCUT2D eigenvalue weighted by Crippen LogP contribution is -2.22. The normalized spacial score (nSPS) is 15.6. The van der Waals surface area contributed by atoms with Gasteiger partial charge in [0.15, 0.2) is 0 Å². The number of rotatable bonds is 6. The van der Waals surface area contributed by atoms with Crippen molar-refractivity contribution in [3.8, 4) is 10.4 Å². The smallest absolute Gasteiger partial charge is 0.337 e. The fraction of sp³-hybridized carbons (Fsp3) is 0.400. The van der Waals surface area contributed by atoms with Crippen LogP contribution in [0.1, 0.15) is 46.6 Å². The molecule has 0 unspecified atom stereocenters. The summed E-state index contributed by atoms with van der Waals surface area (Å²) in [7, 11) is 0. The highest BCUT2D eigenvalue weighted by molar-refractivity contribution is 7.16. The van der Waals surface area contributed by atoms with Gasteiger partial charge in [0.1, 0.15) is 6.29 Å². The molecule has 0 aliphatic heterocycles. The monoisotopic (exact) mass is 357 g/mol. The first-order chi connectivity index (χ1) is 11.9. The fourth-order valence-electron chi connectivity index (χ4n) is 3.45. The van der Waals surface area contributed by atoms with Crippen LogP contribution in [0.15, 0.2) is 24.3 Å². The number of benzene rings is 1. The van der Waals surface area contributed by atoms with Gasteiger partial charge in [0.25, 0.3) is 0 Å². The van der Waals surface area contributed by atoms with E-state index in [0.29, 0.717) is 18.7 Å². The number of thiophene rings is 1. The third-order valence-electron chi connectivity index (χ3n) is 4.73. The fourth-order valence-corrected chi connectivity index (χ4v) is 4.75. The molecule has 1 aromatic heterocycles. The molecular formula is C20H23NO3S. The molecule has 0 bridgehead atoms. The van der Waals surface area contributed by atoms with Crippen molar-refractivity contribution >= 4 is 23.6 Å². The number of carboxylic acid groups (broad SMARTS) is 1. The van der Waals surface area contributed by atoms with Gasteiger partial charge in [-0.3, -0.25) is 0 Å². The second kappa shape index (κ2) is 7.10.